The van der Waals surface area contributed by atoms with Crippen LogP contribution in [0.2, 0.25) is 0 Å². The van der Waals surface area contributed by atoms with Crippen molar-refractivity contribution in [2.24, 2.45) is 0 Å². The molecule has 0 aromatic heterocycles. The Morgan fingerprint density at radius 3 is 0.973 bits per heavy atom. The first kappa shape index (κ1) is 27.6. The monoisotopic (exact) mass is 542 g/mol. The summed E-state index contributed by atoms with van der Waals surface area (Å²) in [6, 6.07) is 22.5. The van der Waals surface area contributed by atoms with Crippen LogP contribution in [0.1, 0.15) is 7.43 Å². The lowest BCUT2D eigenvalue weighted by molar-refractivity contribution is 0.217. The van der Waals surface area contributed by atoms with Crippen LogP contribution in [0.5, 0.6) is 23.0 Å². The van der Waals surface area contributed by atoms with Crippen molar-refractivity contribution in [3.8, 4) is 23.0 Å². The van der Waals surface area contributed by atoms with Gasteiger partial charge in [-0.25, -0.2) is 16.8 Å². The summed E-state index contributed by atoms with van der Waals surface area (Å²) >= 11 is 0. The number of phenolic OH excluding ortho intramolecular Hbond substituents is 2. The van der Waals surface area contributed by atoms with Crippen molar-refractivity contribution in [1.82, 2.24) is 0 Å². The van der Waals surface area contributed by atoms with Gasteiger partial charge in [0.1, 0.15) is 36.2 Å². The number of rotatable bonds is 9. The third-order valence-corrected chi connectivity index (χ3v) is 8.75. The molecule has 0 bridgehead atoms. The topological polar surface area (TPSA) is 127 Å². The SMILES string of the molecule is C.O=S(=O)(c1ccc(O)cc1)c1ccc(OCCOc2ccc(S(=O)(=O)c3ccc(O)cc3)cc2)cc1. The van der Waals surface area contributed by atoms with Gasteiger partial charge in [-0.15, -0.1) is 0 Å². The van der Waals surface area contributed by atoms with E-state index in [1.165, 1.54) is 97.1 Å². The quantitative estimate of drug-likeness (QED) is 0.287. The lowest BCUT2D eigenvalue weighted by atomic mass is 10.3. The maximum Gasteiger partial charge on any atom is 0.206 e. The van der Waals surface area contributed by atoms with Crippen LogP contribution in [0.25, 0.3) is 0 Å². The summed E-state index contributed by atoms with van der Waals surface area (Å²) in [5, 5.41) is 18.7. The van der Waals surface area contributed by atoms with Gasteiger partial charge in [-0.2, -0.15) is 0 Å². The molecule has 0 amide bonds. The Labute approximate surface area is 216 Å². The molecule has 0 saturated carbocycles. The van der Waals surface area contributed by atoms with Gasteiger partial charge in [0.05, 0.1) is 19.6 Å². The summed E-state index contributed by atoms with van der Waals surface area (Å²) in [6.07, 6.45) is 0. The lowest BCUT2D eigenvalue weighted by Crippen LogP contribution is -2.09. The van der Waals surface area contributed by atoms with Crippen molar-refractivity contribution in [2.75, 3.05) is 13.2 Å². The van der Waals surface area contributed by atoms with E-state index in [0.29, 0.717) is 11.5 Å². The number of hydrogen-bond acceptors (Lipinski definition) is 8. The predicted octanol–water partition coefficient (Wildman–Crippen LogP) is 4.86. The van der Waals surface area contributed by atoms with E-state index in [1.807, 2.05) is 0 Å². The third kappa shape index (κ3) is 6.41. The fraction of sp³-hybridized carbons (Fsp3) is 0.111. The number of aromatic hydroxyl groups is 2. The fourth-order valence-corrected chi connectivity index (χ4v) is 5.79. The Bertz CT molecular complexity index is 1410. The van der Waals surface area contributed by atoms with E-state index in [-0.39, 0.29) is 51.7 Å². The highest BCUT2D eigenvalue weighted by Gasteiger charge is 2.18. The molecule has 0 fully saturated rings. The number of benzene rings is 4. The van der Waals surface area contributed by atoms with Crippen molar-refractivity contribution in [2.45, 2.75) is 27.0 Å². The van der Waals surface area contributed by atoms with Crippen LogP contribution in [-0.2, 0) is 19.7 Å². The third-order valence-electron chi connectivity index (χ3n) is 5.18. The van der Waals surface area contributed by atoms with E-state index >= 15 is 0 Å². The molecule has 0 saturated heterocycles. The summed E-state index contributed by atoms with van der Waals surface area (Å²) in [6.45, 7) is 0.356. The second kappa shape index (κ2) is 11.4. The lowest BCUT2D eigenvalue weighted by Gasteiger charge is -2.10. The van der Waals surface area contributed by atoms with Gasteiger partial charge in [-0.1, -0.05) is 7.43 Å². The van der Waals surface area contributed by atoms with Gasteiger partial charge in [-0.05, 0) is 97.1 Å². The van der Waals surface area contributed by atoms with Crippen LogP contribution in [-0.4, -0.2) is 40.3 Å². The van der Waals surface area contributed by atoms with Gasteiger partial charge < -0.3 is 19.7 Å². The molecule has 4 rings (SSSR count). The molecular weight excluding hydrogens is 516 g/mol. The molecule has 0 aliphatic rings. The minimum Gasteiger partial charge on any atom is -0.508 e. The van der Waals surface area contributed by atoms with Crippen LogP contribution >= 0.6 is 0 Å². The largest absolute Gasteiger partial charge is 0.508 e. The molecule has 0 heterocycles. The second-order valence-electron chi connectivity index (χ2n) is 7.63. The van der Waals surface area contributed by atoms with Gasteiger partial charge in [-0.3, -0.25) is 0 Å². The van der Waals surface area contributed by atoms with Crippen LogP contribution in [0, 0.1) is 0 Å². The van der Waals surface area contributed by atoms with Gasteiger partial charge in [0.15, 0.2) is 0 Å². The minimum absolute atomic E-state index is 0. The van der Waals surface area contributed by atoms with Crippen molar-refractivity contribution in [3.05, 3.63) is 97.1 Å². The summed E-state index contributed by atoms with van der Waals surface area (Å²) in [4.78, 5) is 0.340. The molecule has 37 heavy (non-hydrogen) atoms. The van der Waals surface area contributed by atoms with Crippen LogP contribution in [0.15, 0.2) is 117 Å². The molecule has 0 aliphatic heterocycles. The molecule has 0 unspecified atom stereocenters. The van der Waals surface area contributed by atoms with Gasteiger partial charge >= 0.3 is 0 Å². The maximum atomic E-state index is 12.7. The van der Waals surface area contributed by atoms with E-state index in [9.17, 15) is 27.0 Å². The van der Waals surface area contributed by atoms with Crippen LogP contribution < -0.4 is 9.47 Å². The second-order valence-corrected chi connectivity index (χ2v) is 11.5. The van der Waals surface area contributed by atoms with E-state index < -0.39 is 19.7 Å². The van der Waals surface area contributed by atoms with E-state index in [2.05, 4.69) is 0 Å². The molecule has 8 nitrogen and oxygen atoms in total. The Morgan fingerprint density at radius 1 is 0.459 bits per heavy atom. The van der Waals surface area contributed by atoms with Crippen molar-refractivity contribution in [3.63, 3.8) is 0 Å². The first-order chi connectivity index (χ1) is 17.2. The molecule has 194 valence electrons. The zero-order chi connectivity index (χ0) is 25.8. The molecule has 0 atom stereocenters. The molecule has 2 N–H and O–H groups in total. The smallest absolute Gasteiger partial charge is 0.206 e. The van der Waals surface area contributed by atoms with Crippen LogP contribution in [0.4, 0.5) is 0 Å². The van der Waals surface area contributed by atoms with Crippen molar-refractivity contribution < 1.29 is 36.5 Å². The normalized spacial score (nSPS) is 11.4. The molecule has 4 aromatic rings. The molecule has 4 aromatic carbocycles. The molecule has 0 radical (unpaired) electrons. The summed E-state index contributed by atoms with van der Waals surface area (Å²) in [5.74, 6) is 0.877. The highest BCUT2D eigenvalue weighted by Crippen LogP contribution is 2.26. The number of phenols is 2. The van der Waals surface area contributed by atoms with Gasteiger partial charge in [0.25, 0.3) is 0 Å². The zero-order valence-electron chi connectivity index (χ0n) is 18.8. The number of hydrogen-bond donors (Lipinski definition) is 2. The molecule has 10 heteroatoms. The highest BCUT2D eigenvalue weighted by molar-refractivity contribution is 7.91. The Balaban J connectivity index is 0.00000380. The van der Waals surface area contributed by atoms with Crippen molar-refractivity contribution >= 4 is 19.7 Å². The summed E-state index contributed by atoms with van der Waals surface area (Å²) < 4.78 is 61.8. The zero-order valence-corrected chi connectivity index (χ0v) is 20.4. The minimum atomic E-state index is -3.71. The highest BCUT2D eigenvalue weighted by atomic mass is 32.2. The molecule has 0 spiro atoms. The Hall–Kier alpha value is -4.02. The standard InChI is InChI=1S/C26H22O8S2.CH4/c27-19-1-9-23(10-2-19)35(29,30)25-13-5-21(6-14-25)33-17-18-34-22-7-15-26(16-8-22)36(31,32)24-11-3-20(28)4-12-24;/h1-16,27-28H,17-18H2;1H4. The van der Waals surface area contributed by atoms with Gasteiger partial charge in [0, 0.05) is 0 Å². The average molecular weight is 543 g/mol. The van der Waals surface area contributed by atoms with Crippen LogP contribution in [0.3, 0.4) is 0 Å². The average Bonchev–Trinajstić information content (AvgIpc) is 2.88. The number of ether oxygens (including phenoxy) is 2. The Morgan fingerprint density at radius 2 is 0.703 bits per heavy atom. The molecule has 0 aliphatic carbocycles. The summed E-state index contributed by atoms with van der Waals surface area (Å²) in [5.41, 5.74) is 0. The van der Waals surface area contributed by atoms with Crippen molar-refractivity contribution in [1.29, 1.82) is 0 Å². The summed E-state index contributed by atoms with van der Waals surface area (Å²) in [7, 11) is -7.43. The first-order valence-electron chi connectivity index (χ1n) is 10.7. The fourth-order valence-electron chi connectivity index (χ4n) is 3.27. The first-order valence-corrected chi connectivity index (χ1v) is 13.7. The van der Waals surface area contributed by atoms with E-state index in [4.69, 9.17) is 9.47 Å². The molecular formula is C27H26O8S2. The van der Waals surface area contributed by atoms with Gasteiger partial charge in [0.2, 0.25) is 19.7 Å². The number of sulfone groups is 2. The Kier molecular flexibility index (Phi) is 8.46. The predicted molar refractivity (Wildman–Crippen MR) is 138 cm³/mol. The van der Waals surface area contributed by atoms with E-state index in [0.717, 1.165) is 0 Å². The maximum absolute atomic E-state index is 12.7. The van der Waals surface area contributed by atoms with E-state index in [1.54, 1.807) is 0 Å².